The van der Waals surface area contributed by atoms with Gasteiger partial charge in [-0.3, -0.25) is 0 Å². The van der Waals surface area contributed by atoms with Crippen LogP contribution in [0.25, 0.3) is 0 Å². The number of rotatable bonds is 6. The fraction of sp³-hybridized carbons (Fsp3) is 0.615. The molecule has 0 bridgehead atoms. The minimum Gasteiger partial charge on any atom is -0.370 e. The first-order valence-electron chi connectivity index (χ1n) is 6.01. The molecule has 0 aliphatic rings. The van der Waals surface area contributed by atoms with E-state index in [-0.39, 0.29) is 5.60 Å². The van der Waals surface area contributed by atoms with E-state index in [1.54, 1.807) is 0 Å². The van der Waals surface area contributed by atoms with E-state index in [2.05, 4.69) is 31.1 Å². The van der Waals surface area contributed by atoms with E-state index in [9.17, 15) is 0 Å². The molecule has 0 saturated carbocycles. The van der Waals surface area contributed by atoms with Crippen LogP contribution in [-0.4, -0.2) is 17.1 Å². The van der Waals surface area contributed by atoms with Gasteiger partial charge in [0.25, 0.3) is 0 Å². The predicted octanol–water partition coefficient (Wildman–Crippen LogP) is 3.87. The van der Waals surface area contributed by atoms with Crippen LogP contribution >= 0.6 is 11.6 Å². The third kappa shape index (κ3) is 4.52. The number of aromatic nitrogens is 1. The summed E-state index contributed by atoms with van der Waals surface area (Å²) >= 11 is 6.10. The van der Waals surface area contributed by atoms with Crippen molar-refractivity contribution in [1.82, 2.24) is 4.98 Å². The van der Waals surface area contributed by atoms with Gasteiger partial charge >= 0.3 is 0 Å². The SMILES string of the molecule is CCNc1ccc(Cl)c(COC(C)(C)CC)n1. The Morgan fingerprint density at radius 3 is 2.65 bits per heavy atom. The molecular formula is C13H21ClN2O. The maximum absolute atomic E-state index is 6.10. The van der Waals surface area contributed by atoms with Crippen molar-refractivity contribution in [3.05, 3.63) is 22.8 Å². The highest BCUT2D eigenvalue weighted by atomic mass is 35.5. The number of pyridine rings is 1. The van der Waals surface area contributed by atoms with Crippen LogP contribution in [0.4, 0.5) is 5.82 Å². The minimum absolute atomic E-state index is 0.140. The molecule has 0 fully saturated rings. The normalized spacial score (nSPS) is 11.6. The smallest absolute Gasteiger partial charge is 0.126 e. The number of ether oxygens (including phenoxy) is 1. The lowest BCUT2D eigenvalue weighted by atomic mass is 10.1. The van der Waals surface area contributed by atoms with Gasteiger partial charge < -0.3 is 10.1 Å². The van der Waals surface area contributed by atoms with E-state index in [1.165, 1.54) is 0 Å². The number of halogens is 1. The number of hydrogen-bond donors (Lipinski definition) is 1. The molecule has 1 N–H and O–H groups in total. The zero-order valence-electron chi connectivity index (χ0n) is 11.0. The van der Waals surface area contributed by atoms with Crippen LogP contribution in [0.2, 0.25) is 5.02 Å². The number of hydrogen-bond acceptors (Lipinski definition) is 3. The Bertz CT molecular complexity index is 366. The van der Waals surface area contributed by atoms with E-state index in [1.807, 2.05) is 19.1 Å². The minimum atomic E-state index is -0.140. The second-order valence-electron chi connectivity index (χ2n) is 4.56. The summed E-state index contributed by atoms with van der Waals surface area (Å²) in [5.74, 6) is 0.838. The van der Waals surface area contributed by atoms with Crippen LogP contribution in [0, 0.1) is 0 Å². The molecular weight excluding hydrogens is 236 g/mol. The maximum Gasteiger partial charge on any atom is 0.126 e. The first-order valence-corrected chi connectivity index (χ1v) is 6.39. The van der Waals surface area contributed by atoms with Crippen molar-refractivity contribution in [3.8, 4) is 0 Å². The van der Waals surface area contributed by atoms with E-state index in [4.69, 9.17) is 16.3 Å². The Morgan fingerprint density at radius 1 is 1.35 bits per heavy atom. The topological polar surface area (TPSA) is 34.1 Å². The highest BCUT2D eigenvalue weighted by Gasteiger charge is 2.16. The average molecular weight is 257 g/mol. The molecule has 4 heteroatoms. The van der Waals surface area contributed by atoms with Crippen molar-refractivity contribution in [2.75, 3.05) is 11.9 Å². The summed E-state index contributed by atoms with van der Waals surface area (Å²) in [6, 6.07) is 3.73. The summed E-state index contributed by atoms with van der Waals surface area (Å²) in [4.78, 5) is 4.43. The van der Waals surface area contributed by atoms with Crippen LogP contribution in [0.15, 0.2) is 12.1 Å². The Balaban J connectivity index is 2.72. The Morgan fingerprint density at radius 2 is 2.06 bits per heavy atom. The quantitative estimate of drug-likeness (QED) is 0.839. The number of nitrogens with one attached hydrogen (secondary N) is 1. The lowest BCUT2D eigenvalue weighted by Crippen LogP contribution is -2.23. The van der Waals surface area contributed by atoms with Gasteiger partial charge in [0, 0.05) is 6.54 Å². The highest BCUT2D eigenvalue weighted by Crippen LogP contribution is 2.21. The second kappa shape index (κ2) is 6.22. The van der Waals surface area contributed by atoms with E-state index < -0.39 is 0 Å². The summed E-state index contributed by atoms with van der Waals surface area (Å²) in [6.45, 7) is 9.55. The molecule has 0 spiro atoms. The lowest BCUT2D eigenvalue weighted by molar-refractivity contribution is -0.0329. The van der Waals surface area contributed by atoms with Gasteiger partial charge in [0.15, 0.2) is 0 Å². The molecule has 0 amide bonds. The standard InChI is InChI=1S/C13H21ClN2O/c1-5-13(3,4)17-9-11-10(14)7-8-12(16-11)15-6-2/h7-8H,5-6,9H2,1-4H3,(H,15,16). The second-order valence-corrected chi connectivity index (χ2v) is 4.96. The zero-order valence-corrected chi connectivity index (χ0v) is 11.8. The van der Waals surface area contributed by atoms with Gasteiger partial charge in [-0.2, -0.15) is 0 Å². The van der Waals surface area contributed by atoms with E-state index in [0.717, 1.165) is 24.5 Å². The van der Waals surface area contributed by atoms with Crippen LogP contribution in [0.1, 0.15) is 39.8 Å². The molecule has 0 atom stereocenters. The summed E-state index contributed by atoms with van der Waals surface area (Å²) in [6.07, 6.45) is 0.956. The third-order valence-corrected chi connectivity index (χ3v) is 3.07. The van der Waals surface area contributed by atoms with Crippen molar-refractivity contribution >= 4 is 17.4 Å². The zero-order chi connectivity index (χ0) is 12.9. The van der Waals surface area contributed by atoms with Gasteiger partial charge in [-0.05, 0) is 39.3 Å². The van der Waals surface area contributed by atoms with E-state index >= 15 is 0 Å². The molecule has 0 aromatic carbocycles. The van der Waals surface area contributed by atoms with Gasteiger partial charge in [-0.1, -0.05) is 18.5 Å². The predicted molar refractivity (Wildman–Crippen MR) is 72.6 cm³/mol. The summed E-state index contributed by atoms with van der Waals surface area (Å²) in [7, 11) is 0. The molecule has 0 radical (unpaired) electrons. The van der Waals surface area contributed by atoms with Gasteiger partial charge in [-0.15, -0.1) is 0 Å². The van der Waals surface area contributed by atoms with Crippen LogP contribution in [-0.2, 0) is 11.3 Å². The van der Waals surface area contributed by atoms with Crippen molar-refractivity contribution in [1.29, 1.82) is 0 Å². The summed E-state index contributed by atoms with van der Waals surface area (Å²) in [5, 5.41) is 3.81. The molecule has 0 aliphatic heterocycles. The van der Waals surface area contributed by atoms with Crippen LogP contribution in [0.3, 0.4) is 0 Å². The Kier molecular flexibility index (Phi) is 5.22. The molecule has 0 saturated heterocycles. The Hall–Kier alpha value is -0.800. The number of anilines is 1. The fourth-order valence-corrected chi connectivity index (χ4v) is 1.39. The fourth-order valence-electron chi connectivity index (χ4n) is 1.23. The first-order chi connectivity index (χ1) is 7.98. The average Bonchev–Trinajstić information content (AvgIpc) is 2.30. The lowest BCUT2D eigenvalue weighted by Gasteiger charge is -2.23. The summed E-state index contributed by atoms with van der Waals surface area (Å²) < 4.78 is 5.80. The van der Waals surface area contributed by atoms with Gasteiger partial charge in [-0.25, -0.2) is 4.98 Å². The molecule has 3 nitrogen and oxygen atoms in total. The maximum atomic E-state index is 6.10. The van der Waals surface area contributed by atoms with Crippen molar-refractivity contribution in [2.24, 2.45) is 0 Å². The molecule has 1 heterocycles. The molecule has 0 aliphatic carbocycles. The molecule has 96 valence electrons. The molecule has 0 unspecified atom stereocenters. The Labute approximate surface area is 109 Å². The molecule has 1 aromatic heterocycles. The monoisotopic (exact) mass is 256 g/mol. The van der Waals surface area contributed by atoms with Crippen molar-refractivity contribution < 1.29 is 4.74 Å². The molecule has 17 heavy (non-hydrogen) atoms. The van der Waals surface area contributed by atoms with E-state index in [0.29, 0.717) is 11.6 Å². The molecule has 1 rings (SSSR count). The number of nitrogens with zero attached hydrogens (tertiary/aromatic N) is 1. The van der Waals surface area contributed by atoms with Gasteiger partial charge in [0.1, 0.15) is 5.82 Å². The molecule has 1 aromatic rings. The largest absolute Gasteiger partial charge is 0.370 e. The van der Waals surface area contributed by atoms with Crippen LogP contribution < -0.4 is 5.32 Å². The third-order valence-electron chi connectivity index (χ3n) is 2.73. The highest BCUT2D eigenvalue weighted by molar-refractivity contribution is 6.31. The summed E-state index contributed by atoms with van der Waals surface area (Å²) in [5.41, 5.74) is 0.644. The van der Waals surface area contributed by atoms with Crippen molar-refractivity contribution in [2.45, 2.75) is 46.3 Å². The van der Waals surface area contributed by atoms with Crippen molar-refractivity contribution in [3.63, 3.8) is 0 Å². The van der Waals surface area contributed by atoms with Crippen LogP contribution in [0.5, 0.6) is 0 Å². The van der Waals surface area contributed by atoms with Gasteiger partial charge in [0.2, 0.25) is 0 Å². The van der Waals surface area contributed by atoms with Gasteiger partial charge in [0.05, 0.1) is 22.9 Å². The first kappa shape index (κ1) is 14.3.